The molecule has 2 aromatic carbocycles. The zero-order valence-corrected chi connectivity index (χ0v) is 19.7. The molecule has 2 fully saturated rings. The van der Waals surface area contributed by atoms with Gasteiger partial charge < -0.3 is 19.3 Å². The van der Waals surface area contributed by atoms with Gasteiger partial charge in [-0.2, -0.15) is 0 Å². The van der Waals surface area contributed by atoms with Crippen LogP contribution in [-0.4, -0.2) is 60.0 Å². The molecular weight excluding hydrogens is 434 g/mol. The maximum atomic E-state index is 13.7. The largest absolute Gasteiger partial charge is 0.497 e. The van der Waals surface area contributed by atoms with Gasteiger partial charge in [0.05, 0.1) is 25.5 Å². The van der Waals surface area contributed by atoms with Crippen molar-refractivity contribution in [1.29, 1.82) is 0 Å². The monoisotopic (exact) mass is 463 g/mol. The Morgan fingerprint density at radius 3 is 2.59 bits per heavy atom. The Kier molecular flexibility index (Phi) is 5.46. The molecule has 1 saturated carbocycles. The lowest BCUT2D eigenvalue weighted by molar-refractivity contribution is -0.134. The number of methoxy groups -OCH3 is 2. The zero-order valence-electron chi connectivity index (χ0n) is 19.7. The van der Waals surface area contributed by atoms with Crippen LogP contribution in [0.2, 0.25) is 0 Å². The highest BCUT2D eigenvalue weighted by Gasteiger charge is 2.53. The summed E-state index contributed by atoms with van der Waals surface area (Å²) in [6.45, 7) is 2.16. The predicted molar refractivity (Wildman–Crippen MR) is 126 cm³/mol. The van der Waals surface area contributed by atoms with Crippen LogP contribution < -0.4 is 14.4 Å². The van der Waals surface area contributed by atoms with E-state index in [-0.39, 0.29) is 30.3 Å². The summed E-state index contributed by atoms with van der Waals surface area (Å²) in [4.78, 5) is 45.1. The fourth-order valence-electron chi connectivity index (χ4n) is 5.16. The number of hydrogen-bond acceptors (Lipinski definition) is 5. The lowest BCUT2D eigenvalue weighted by Crippen LogP contribution is -2.64. The van der Waals surface area contributed by atoms with Crippen LogP contribution in [0.15, 0.2) is 42.5 Å². The standard InChI is InChI=1S/C26H29N3O5/c1-26-13-12-23(30)29(26)21-7-5-4-6-20(21)25(32)28(26)16-24(31)27(18-8-9-18)15-17-14-19(33-2)10-11-22(17)34-3/h4-7,10-11,14,18H,8-9,12-13,15-16H2,1-3H3. The van der Waals surface area contributed by atoms with Crippen molar-refractivity contribution in [2.24, 2.45) is 0 Å². The van der Waals surface area contributed by atoms with Crippen molar-refractivity contribution in [3.63, 3.8) is 0 Å². The van der Waals surface area contributed by atoms with Crippen LogP contribution in [0.4, 0.5) is 5.69 Å². The molecule has 5 rings (SSSR count). The molecule has 0 aromatic heterocycles. The van der Waals surface area contributed by atoms with Gasteiger partial charge in [0.2, 0.25) is 11.8 Å². The van der Waals surface area contributed by atoms with E-state index in [1.54, 1.807) is 42.2 Å². The predicted octanol–water partition coefficient (Wildman–Crippen LogP) is 3.19. The Balaban J connectivity index is 1.45. The molecule has 8 nitrogen and oxygen atoms in total. The van der Waals surface area contributed by atoms with Crippen LogP contribution in [-0.2, 0) is 16.1 Å². The highest BCUT2D eigenvalue weighted by atomic mass is 16.5. The Hall–Kier alpha value is -3.55. The van der Waals surface area contributed by atoms with Crippen molar-refractivity contribution >= 4 is 23.4 Å². The van der Waals surface area contributed by atoms with Gasteiger partial charge in [-0.1, -0.05) is 12.1 Å². The first-order valence-electron chi connectivity index (χ1n) is 11.6. The quantitative estimate of drug-likeness (QED) is 0.630. The molecule has 2 heterocycles. The number of nitrogens with zero attached hydrogens (tertiary/aromatic N) is 3. The minimum absolute atomic E-state index is 0.0277. The molecule has 8 heteroatoms. The van der Waals surface area contributed by atoms with E-state index in [2.05, 4.69) is 0 Å². The van der Waals surface area contributed by atoms with Crippen molar-refractivity contribution in [3.8, 4) is 11.5 Å². The van der Waals surface area contributed by atoms with Gasteiger partial charge in [0.1, 0.15) is 23.7 Å². The second-order valence-electron chi connectivity index (χ2n) is 9.29. The molecule has 3 amide bonds. The van der Waals surface area contributed by atoms with E-state index in [9.17, 15) is 14.4 Å². The van der Waals surface area contributed by atoms with Gasteiger partial charge in [-0.3, -0.25) is 19.3 Å². The Labute approximate surface area is 199 Å². The fourth-order valence-corrected chi connectivity index (χ4v) is 5.16. The minimum atomic E-state index is -0.860. The highest BCUT2D eigenvalue weighted by molar-refractivity contribution is 6.11. The normalized spacial score (nSPS) is 21.3. The number of rotatable bonds is 7. The van der Waals surface area contributed by atoms with Crippen molar-refractivity contribution in [1.82, 2.24) is 9.80 Å². The number of benzene rings is 2. The lowest BCUT2D eigenvalue weighted by Gasteiger charge is -2.48. The van der Waals surface area contributed by atoms with E-state index in [0.717, 1.165) is 18.4 Å². The first-order chi connectivity index (χ1) is 16.4. The Morgan fingerprint density at radius 2 is 1.88 bits per heavy atom. The van der Waals surface area contributed by atoms with Crippen LogP contribution in [0.25, 0.3) is 0 Å². The number of carbonyl (C=O) groups excluding carboxylic acids is 3. The van der Waals surface area contributed by atoms with Crippen molar-refractivity contribution < 1.29 is 23.9 Å². The molecule has 0 spiro atoms. The smallest absolute Gasteiger partial charge is 0.258 e. The molecule has 2 aromatic rings. The molecule has 3 aliphatic rings. The maximum Gasteiger partial charge on any atom is 0.258 e. The van der Waals surface area contributed by atoms with Gasteiger partial charge >= 0.3 is 0 Å². The summed E-state index contributed by atoms with van der Waals surface area (Å²) in [7, 11) is 3.20. The fraction of sp³-hybridized carbons (Fsp3) is 0.423. The maximum absolute atomic E-state index is 13.7. The molecule has 0 N–H and O–H groups in total. The van der Waals surface area contributed by atoms with E-state index >= 15 is 0 Å². The highest BCUT2D eigenvalue weighted by Crippen LogP contribution is 2.44. The Bertz CT molecular complexity index is 1160. The lowest BCUT2D eigenvalue weighted by atomic mass is 9.98. The van der Waals surface area contributed by atoms with Gasteiger partial charge in [0.15, 0.2) is 0 Å². The average Bonchev–Trinajstić information content (AvgIpc) is 3.64. The van der Waals surface area contributed by atoms with Crippen LogP contribution >= 0.6 is 0 Å². The third kappa shape index (κ3) is 3.57. The summed E-state index contributed by atoms with van der Waals surface area (Å²) in [6, 6.07) is 12.8. The van der Waals surface area contributed by atoms with Crippen LogP contribution in [0.1, 0.15) is 48.5 Å². The summed E-state index contributed by atoms with van der Waals surface area (Å²) >= 11 is 0. The Morgan fingerprint density at radius 1 is 1.12 bits per heavy atom. The third-order valence-electron chi connectivity index (χ3n) is 7.18. The van der Waals surface area contributed by atoms with Gasteiger partial charge in [-0.25, -0.2) is 0 Å². The SMILES string of the molecule is COc1ccc(OC)c(CN(C(=O)CN2C(=O)c3ccccc3N3C(=O)CCC23C)C2CC2)c1. The van der Waals surface area contributed by atoms with E-state index in [0.29, 0.717) is 42.1 Å². The average molecular weight is 464 g/mol. The molecule has 2 aliphatic heterocycles. The molecule has 0 bridgehead atoms. The number of fused-ring (bicyclic) bond motifs is 3. The molecule has 1 unspecified atom stereocenters. The van der Waals surface area contributed by atoms with E-state index in [1.807, 2.05) is 36.1 Å². The van der Waals surface area contributed by atoms with Gasteiger partial charge in [-0.05, 0) is 56.5 Å². The molecule has 1 saturated heterocycles. The zero-order chi connectivity index (χ0) is 24.0. The first-order valence-corrected chi connectivity index (χ1v) is 11.6. The van der Waals surface area contributed by atoms with E-state index < -0.39 is 5.66 Å². The first kappa shape index (κ1) is 22.3. The van der Waals surface area contributed by atoms with Crippen LogP contribution in [0.5, 0.6) is 11.5 Å². The summed E-state index contributed by atoms with van der Waals surface area (Å²) in [5.74, 6) is 0.990. The van der Waals surface area contributed by atoms with E-state index in [4.69, 9.17) is 9.47 Å². The topological polar surface area (TPSA) is 79.4 Å². The van der Waals surface area contributed by atoms with Crippen LogP contribution in [0.3, 0.4) is 0 Å². The number of carbonyl (C=O) groups is 3. The molecule has 1 aliphatic carbocycles. The molecule has 1 atom stereocenters. The van der Waals surface area contributed by atoms with Gasteiger partial charge in [0, 0.05) is 24.6 Å². The van der Waals surface area contributed by atoms with Crippen LogP contribution in [0, 0.1) is 0 Å². The molecule has 178 valence electrons. The molecule has 0 radical (unpaired) electrons. The second kappa shape index (κ2) is 8.34. The van der Waals surface area contributed by atoms with Crippen molar-refractivity contribution in [2.45, 2.75) is 50.9 Å². The van der Waals surface area contributed by atoms with Crippen molar-refractivity contribution in [2.75, 3.05) is 25.7 Å². The summed E-state index contributed by atoms with van der Waals surface area (Å²) in [5, 5.41) is 0. The molecular formula is C26H29N3O5. The minimum Gasteiger partial charge on any atom is -0.497 e. The van der Waals surface area contributed by atoms with Gasteiger partial charge in [0.25, 0.3) is 5.91 Å². The number of ether oxygens (including phenoxy) is 2. The molecule has 34 heavy (non-hydrogen) atoms. The summed E-state index contributed by atoms with van der Waals surface area (Å²) in [5.41, 5.74) is 1.07. The summed E-state index contributed by atoms with van der Waals surface area (Å²) < 4.78 is 10.9. The van der Waals surface area contributed by atoms with E-state index in [1.165, 1.54) is 0 Å². The number of amides is 3. The van der Waals surface area contributed by atoms with Gasteiger partial charge in [-0.15, -0.1) is 0 Å². The third-order valence-corrected chi connectivity index (χ3v) is 7.18. The number of anilines is 1. The second-order valence-corrected chi connectivity index (χ2v) is 9.29. The number of hydrogen-bond donors (Lipinski definition) is 0. The van der Waals surface area contributed by atoms with Crippen molar-refractivity contribution in [3.05, 3.63) is 53.6 Å². The summed E-state index contributed by atoms with van der Waals surface area (Å²) in [6.07, 6.45) is 2.69. The number of para-hydroxylation sites is 1.